The number of nitrogens with one attached hydrogen (secondary N) is 1. The minimum Gasteiger partial charge on any atom is -0.351 e. The molecule has 1 unspecified atom stereocenters. The van der Waals surface area contributed by atoms with Crippen molar-refractivity contribution in [1.82, 2.24) is 9.62 Å². The first-order valence-corrected chi connectivity index (χ1v) is 10.7. The highest BCUT2D eigenvalue weighted by atomic mass is 35.5. The van der Waals surface area contributed by atoms with Crippen LogP contribution in [0.5, 0.6) is 0 Å². The van der Waals surface area contributed by atoms with Crippen molar-refractivity contribution in [2.75, 3.05) is 20.6 Å². The number of carbonyl (C=O) groups excluding carboxylic acids is 1. The van der Waals surface area contributed by atoms with Crippen molar-refractivity contribution in [2.24, 2.45) is 0 Å². The number of aryl methyl sites for hydroxylation is 1. The molecule has 0 aliphatic heterocycles. The van der Waals surface area contributed by atoms with Crippen LogP contribution in [0.2, 0.25) is 5.02 Å². The van der Waals surface area contributed by atoms with Gasteiger partial charge in [-0.05, 0) is 48.6 Å². The number of fused-ring (bicyclic) bond motifs is 1. The van der Waals surface area contributed by atoms with Crippen molar-refractivity contribution < 1.29 is 13.2 Å². The van der Waals surface area contributed by atoms with E-state index in [0.717, 1.165) is 23.6 Å². The standard InChI is InChI=1S/C20H23ClN2O3S/c1-23(2)27(25,26)16-10-11-19(21)18(12-16)20(24)22-13-15-8-5-7-14-6-3-4-9-17(14)15/h3-4,6,9-12,15H,5,7-8,13H2,1-2H3,(H,22,24). The largest absolute Gasteiger partial charge is 0.351 e. The summed E-state index contributed by atoms with van der Waals surface area (Å²) in [6.07, 6.45) is 3.17. The first-order chi connectivity index (χ1) is 12.8. The zero-order valence-corrected chi connectivity index (χ0v) is 17.0. The van der Waals surface area contributed by atoms with Crippen LogP contribution in [-0.4, -0.2) is 39.3 Å². The highest BCUT2D eigenvalue weighted by molar-refractivity contribution is 7.89. The molecular weight excluding hydrogens is 384 g/mol. The van der Waals surface area contributed by atoms with Gasteiger partial charge in [0.2, 0.25) is 10.0 Å². The van der Waals surface area contributed by atoms with Gasteiger partial charge in [0.15, 0.2) is 0 Å². The fourth-order valence-electron chi connectivity index (χ4n) is 3.43. The smallest absolute Gasteiger partial charge is 0.252 e. The van der Waals surface area contributed by atoms with E-state index in [1.54, 1.807) is 0 Å². The topological polar surface area (TPSA) is 66.5 Å². The summed E-state index contributed by atoms with van der Waals surface area (Å²) in [6.45, 7) is 0.497. The molecule has 1 aliphatic carbocycles. The fraction of sp³-hybridized carbons (Fsp3) is 0.350. The Kier molecular flexibility index (Phi) is 5.89. The van der Waals surface area contributed by atoms with Crippen LogP contribution in [-0.2, 0) is 16.4 Å². The van der Waals surface area contributed by atoms with Crippen LogP contribution in [0.25, 0.3) is 0 Å². The third-order valence-electron chi connectivity index (χ3n) is 4.96. The first-order valence-electron chi connectivity index (χ1n) is 8.89. The Balaban J connectivity index is 1.78. The zero-order chi connectivity index (χ0) is 19.6. The zero-order valence-electron chi connectivity index (χ0n) is 15.4. The number of halogens is 1. The van der Waals surface area contributed by atoms with Gasteiger partial charge in [0, 0.05) is 26.6 Å². The number of hydrogen-bond donors (Lipinski definition) is 1. The normalized spacial score (nSPS) is 16.8. The number of benzene rings is 2. The van der Waals surface area contributed by atoms with E-state index in [1.807, 2.05) is 12.1 Å². The number of rotatable bonds is 5. The molecule has 0 bridgehead atoms. The molecule has 0 aromatic heterocycles. The Labute approximate surface area is 165 Å². The highest BCUT2D eigenvalue weighted by Crippen LogP contribution is 2.31. The second kappa shape index (κ2) is 8.00. The number of nitrogens with zero attached hydrogens (tertiary/aromatic N) is 1. The molecule has 1 amide bonds. The van der Waals surface area contributed by atoms with Gasteiger partial charge in [0.05, 0.1) is 15.5 Å². The van der Waals surface area contributed by atoms with Crippen LogP contribution >= 0.6 is 11.6 Å². The Hall–Kier alpha value is -1.89. The number of hydrogen-bond acceptors (Lipinski definition) is 3. The maximum absolute atomic E-state index is 12.7. The van der Waals surface area contributed by atoms with Gasteiger partial charge < -0.3 is 5.32 Å². The summed E-state index contributed by atoms with van der Waals surface area (Å²) in [5, 5.41) is 3.16. The summed E-state index contributed by atoms with van der Waals surface area (Å²) in [4.78, 5) is 12.7. The molecular formula is C20H23ClN2O3S. The summed E-state index contributed by atoms with van der Waals surface area (Å²) in [5.41, 5.74) is 2.78. The predicted octanol–water partition coefficient (Wildman–Crippen LogP) is 3.44. The van der Waals surface area contributed by atoms with Gasteiger partial charge in [-0.1, -0.05) is 35.9 Å². The molecule has 3 rings (SSSR count). The molecule has 1 N–H and O–H groups in total. The van der Waals surface area contributed by atoms with Crippen molar-refractivity contribution in [1.29, 1.82) is 0 Å². The lowest BCUT2D eigenvalue weighted by atomic mass is 9.83. The van der Waals surface area contributed by atoms with Gasteiger partial charge in [0.1, 0.15) is 0 Å². The molecule has 0 saturated carbocycles. The second-order valence-electron chi connectivity index (χ2n) is 6.93. The van der Waals surface area contributed by atoms with Crippen molar-refractivity contribution in [3.05, 3.63) is 64.2 Å². The van der Waals surface area contributed by atoms with Crippen LogP contribution in [0.3, 0.4) is 0 Å². The van der Waals surface area contributed by atoms with Gasteiger partial charge in [-0.25, -0.2) is 12.7 Å². The van der Waals surface area contributed by atoms with Crippen molar-refractivity contribution >= 4 is 27.5 Å². The maximum Gasteiger partial charge on any atom is 0.252 e. The molecule has 0 saturated heterocycles. The molecule has 2 aromatic rings. The van der Waals surface area contributed by atoms with Gasteiger partial charge >= 0.3 is 0 Å². The third-order valence-corrected chi connectivity index (χ3v) is 7.10. The number of sulfonamides is 1. The summed E-state index contributed by atoms with van der Waals surface area (Å²) in [6, 6.07) is 12.5. The third kappa shape index (κ3) is 4.18. The summed E-state index contributed by atoms with van der Waals surface area (Å²) < 4.78 is 25.7. The fourth-order valence-corrected chi connectivity index (χ4v) is 4.56. The van der Waals surface area contributed by atoms with E-state index in [4.69, 9.17) is 11.6 Å². The molecule has 0 spiro atoms. The van der Waals surface area contributed by atoms with Crippen molar-refractivity contribution in [2.45, 2.75) is 30.1 Å². The van der Waals surface area contributed by atoms with E-state index in [1.165, 1.54) is 43.4 Å². The highest BCUT2D eigenvalue weighted by Gasteiger charge is 2.23. The molecule has 144 valence electrons. The quantitative estimate of drug-likeness (QED) is 0.827. The van der Waals surface area contributed by atoms with Crippen LogP contribution in [0.15, 0.2) is 47.4 Å². The molecule has 5 nitrogen and oxygen atoms in total. The maximum atomic E-state index is 12.7. The van der Waals surface area contributed by atoms with Crippen molar-refractivity contribution in [3.8, 4) is 0 Å². The Morgan fingerprint density at radius 1 is 1.22 bits per heavy atom. The molecule has 0 fully saturated rings. The molecule has 0 radical (unpaired) electrons. The second-order valence-corrected chi connectivity index (χ2v) is 9.49. The summed E-state index contributed by atoms with van der Waals surface area (Å²) in [5.74, 6) is -0.106. The average molecular weight is 407 g/mol. The van der Waals surface area contributed by atoms with E-state index < -0.39 is 10.0 Å². The minimum atomic E-state index is -3.63. The molecule has 1 aliphatic rings. The Morgan fingerprint density at radius 3 is 2.70 bits per heavy atom. The van der Waals surface area contributed by atoms with Crippen LogP contribution in [0.4, 0.5) is 0 Å². The molecule has 2 aromatic carbocycles. The molecule has 27 heavy (non-hydrogen) atoms. The lowest BCUT2D eigenvalue weighted by molar-refractivity contribution is 0.0950. The molecule has 0 heterocycles. The van der Waals surface area contributed by atoms with E-state index in [2.05, 4.69) is 17.4 Å². The lowest BCUT2D eigenvalue weighted by Crippen LogP contribution is -2.30. The van der Waals surface area contributed by atoms with Crippen LogP contribution < -0.4 is 5.32 Å². The van der Waals surface area contributed by atoms with E-state index in [0.29, 0.717) is 6.54 Å². The van der Waals surface area contributed by atoms with Gasteiger partial charge in [-0.15, -0.1) is 0 Å². The van der Waals surface area contributed by atoms with Crippen LogP contribution in [0, 0.1) is 0 Å². The van der Waals surface area contributed by atoms with E-state index >= 15 is 0 Å². The molecule has 7 heteroatoms. The first kappa shape index (κ1) is 19.9. The lowest BCUT2D eigenvalue weighted by Gasteiger charge is -2.25. The number of carbonyl (C=O) groups is 1. The summed E-state index contributed by atoms with van der Waals surface area (Å²) in [7, 11) is -0.733. The summed E-state index contributed by atoms with van der Waals surface area (Å²) >= 11 is 6.15. The molecule has 1 atom stereocenters. The van der Waals surface area contributed by atoms with Gasteiger partial charge in [-0.2, -0.15) is 0 Å². The van der Waals surface area contributed by atoms with Crippen molar-refractivity contribution in [3.63, 3.8) is 0 Å². The van der Waals surface area contributed by atoms with Crippen LogP contribution in [0.1, 0.15) is 40.2 Å². The predicted molar refractivity (Wildman–Crippen MR) is 107 cm³/mol. The number of amides is 1. The van der Waals surface area contributed by atoms with E-state index in [9.17, 15) is 13.2 Å². The Morgan fingerprint density at radius 2 is 1.96 bits per heavy atom. The monoisotopic (exact) mass is 406 g/mol. The SMILES string of the molecule is CN(C)S(=O)(=O)c1ccc(Cl)c(C(=O)NCC2CCCc3ccccc32)c1. The van der Waals surface area contributed by atoms with Gasteiger partial charge in [-0.3, -0.25) is 4.79 Å². The van der Waals surface area contributed by atoms with Gasteiger partial charge in [0.25, 0.3) is 5.91 Å². The average Bonchev–Trinajstić information content (AvgIpc) is 2.66. The minimum absolute atomic E-state index is 0.0464. The Bertz CT molecular complexity index is 957. The van der Waals surface area contributed by atoms with E-state index in [-0.39, 0.29) is 27.3 Å².